The van der Waals surface area contributed by atoms with E-state index in [0.717, 1.165) is 14.6 Å². The fraction of sp³-hybridized carbons (Fsp3) is 0.231. The summed E-state index contributed by atoms with van der Waals surface area (Å²) >= 11 is 8.87. The molecular formula is C13H11ClOS2. The Bertz CT molecular complexity index is 559. The van der Waals surface area contributed by atoms with Crippen LogP contribution in [0.5, 0.6) is 0 Å². The van der Waals surface area contributed by atoms with Crippen molar-refractivity contribution in [3.8, 4) is 21.6 Å². The first-order chi connectivity index (χ1) is 8.24. The molecule has 0 aliphatic rings. The van der Waals surface area contributed by atoms with Crippen LogP contribution in [0.1, 0.15) is 22.8 Å². The van der Waals surface area contributed by atoms with Crippen LogP contribution < -0.4 is 0 Å². The third-order valence-corrected chi connectivity index (χ3v) is 4.87. The summed E-state index contributed by atoms with van der Waals surface area (Å²) in [6, 6.07) is 8.03. The predicted octanol–water partition coefficient (Wildman–Crippen LogP) is 4.12. The van der Waals surface area contributed by atoms with E-state index >= 15 is 0 Å². The van der Waals surface area contributed by atoms with E-state index in [4.69, 9.17) is 11.6 Å². The highest BCUT2D eigenvalue weighted by Crippen LogP contribution is 2.35. The van der Waals surface area contributed by atoms with Crippen LogP contribution in [0.2, 0.25) is 0 Å². The van der Waals surface area contributed by atoms with Crippen LogP contribution in [-0.2, 0) is 0 Å². The van der Waals surface area contributed by atoms with E-state index in [9.17, 15) is 5.11 Å². The van der Waals surface area contributed by atoms with Gasteiger partial charge in [0.1, 0.15) is 6.10 Å². The molecule has 0 saturated heterocycles. The van der Waals surface area contributed by atoms with Crippen molar-refractivity contribution >= 4 is 34.3 Å². The van der Waals surface area contributed by atoms with E-state index in [1.165, 1.54) is 4.88 Å². The van der Waals surface area contributed by atoms with Crippen LogP contribution >= 0.6 is 34.3 Å². The first-order valence-corrected chi connectivity index (χ1v) is 7.28. The molecule has 0 unspecified atom stereocenters. The highest BCUT2D eigenvalue weighted by atomic mass is 35.5. The fourth-order valence-electron chi connectivity index (χ4n) is 1.40. The van der Waals surface area contributed by atoms with Crippen LogP contribution in [-0.4, -0.2) is 11.0 Å². The van der Waals surface area contributed by atoms with Crippen LogP contribution in [0.25, 0.3) is 9.75 Å². The normalized spacial score (nSPS) is 11.9. The summed E-state index contributed by atoms with van der Waals surface area (Å²) < 4.78 is 0. The van der Waals surface area contributed by atoms with E-state index in [-0.39, 0.29) is 5.88 Å². The summed E-state index contributed by atoms with van der Waals surface area (Å²) in [5, 5.41) is 9.64. The van der Waals surface area contributed by atoms with Gasteiger partial charge in [0.25, 0.3) is 0 Å². The SMILES string of the molecule is CC#Cc1ccc(-c2ccc([C@H](O)CCl)s2)s1. The smallest absolute Gasteiger partial charge is 0.102 e. The van der Waals surface area contributed by atoms with Crippen LogP contribution in [0, 0.1) is 11.8 Å². The number of hydrogen-bond donors (Lipinski definition) is 1. The molecule has 4 heteroatoms. The van der Waals surface area contributed by atoms with Gasteiger partial charge in [0.05, 0.1) is 10.8 Å². The molecule has 0 aliphatic heterocycles. The lowest BCUT2D eigenvalue weighted by molar-refractivity contribution is 0.206. The average molecular weight is 283 g/mol. The predicted molar refractivity (Wildman–Crippen MR) is 75.9 cm³/mol. The Hall–Kier alpha value is -0.790. The molecule has 0 spiro atoms. The molecular weight excluding hydrogens is 272 g/mol. The largest absolute Gasteiger partial charge is 0.386 e. The van der Waals surface area contributed by atoms with Crippen LogP contribution in [0.3, 0.4) is 0 Å². The zero-order valence-corrected chi connectivity index (χ0v) is 11.6. The highest BCUT2D eigenvalue weighted by molar-refractivity contribution is 7.22. The van der Waals surface area contributed by atoms with E-state index < -0.39 is 6.10 Å². The van der Waals surface area contributed by atoms with Crippen molar-refractivity contribution in [2.24, 2.45) is 0 Å². The Morgan fingerprint density at radius 1 is 1.24 bits per heavy atom. The second kappa shape index (κ2) is 5.70. The quantitative estimate of drug-likeness (QED) is 0.663. The number of thiophene rings is 2. The maximum absolute atomic E-state index is 9.64. The molecule has 1 nitrogen and oxygen atoms in total. The van der Waals surface area contributed by atoms with Crippen molar-refractivity contribution in [1.29, 1.82) is 0 Å². The summed E-state index contributed by atoms with van der Waals surface area (Å²) in [7, 11) is 0. The Balaban J connectivity index is 2.26. The first-order valence-electron chi connectivity index (χ1n) is 5.11. The highest BCUT2D eigenvalue weighted by Gasteiger charge is 2.11. The van der Waals surface area contributed by atoms with Gasteiger partial charge in [-0.05, 0) is 31.2 Å². The topological polar surface area (TPSA) is 20.2 Å². The number of alkyl halides is 1. The molecule has 1 N–H and O–H groups in total. The van der Waals surface area contributed by atoms with Crippen molar-refractivity contribution in [1.82, 2.24) is 0 Å². The van der Waals surface area contributed by atoms with E-state index in [1.54, 1.807) is 22.7 Å². The van der Waals surface area contributed by atoms with Gasteiger partial charge in [-0.2, -0.15) is 0 Å². The molecule has 2 aromatic heterocycles. The van der Waals surface area contributed by atoms with Gasteiger partial charge in [-0.25, -0.2) is 0 Å². The average Bonchev–Trinajstić information content (AvgIpc) is 2.96. The molecule has 88 valence electrons. The van der Waals surface area contributed by atoms with Gasteiger partial charge in [-0.15, -0.1) is 40.2 Å². The molecule has 2 aromatic rings. The number of aliphatic hydroxyl groups is 1. The second-order valence-corrected chi connectivity index (χ2v) is 5.92. The van der Waals surface area contributed by atoms with E-state index in [1.807, 2.05) is 25.1 Å². The van der Waals surface area contributed by atoms with Gasteiger partial charge in [0.2, 0.25) is 0 Å². The maximum Gasteiger partial charge on any atom is 0.102 e. The van der Waals surface area contributed by atoms with Gasteiger partial charge >= 0.3 is 0 Å². The molecule has 0 radical (unpaired) electrons. The summed E-state index contributed by atoms with van der Waals surface area (Å²) in [6.07, 6.45) is -0.565. The van der Waals surface area contributed by atoms with Crippen LogP contribution in [0.4, 0.5) is 0 Å². The number of halogens is 1. The maximum atomic E-state index is 9.64. The van der Waals surface area contributed by atoms with Gasteiger partial charge < -0.3 is 5.11 Å². The molecule has 0 aliphatic carbocycles. The van der Waals surface area contributed by atoms with Gasteiger partial charge in [-0.1, -0.05) is 5.92 Å². The molecule has 2 rings (SSSR count). The lowest BCUT2D eigenvalue weighted by atomic mass is 10.3. The second-order valence-electron chi connectivity index (χ2n) is 3.41. The molecule has 0 fully saturated rings. The Morgan fingerprint density at radius 2 is 1.94 bits per heavy atom. The molecule has 0 saturated carbocycles. The zero-order chi connectivity index (χ0) is 12.3. The van der Waals surface area contributed by atoms with Gasteiger partial charge in [0, 0.05) is 14.6 Å². The number of aliphatic hydroxyl groups excluding tert-OH is 1. The minimum Gasteiger partial charge on any atom is -0.386 e. The third-order valence-electron chi connectivity index (χ3n) is 2.20. The van der Waals surface area contributed by atoms with Crippen molar-refractivity contribution in [2.75, 3.05) is 5.88 Å². The standard InChI is InChI=1S/C13H11ClOS2/c1-2-3-9-4-5-12(16-9)13-7-6-11(17-13)10(15)8-14/h4-7,10,15H,8H2,1H3/t10-/m1/s1. The zero-order valence-electron chi connectivity index (χ0n) is 9.24. The number of hydrogen-bond acceptors (Lipinski definition) is 3. The minimum atomic E-state index is -0.565. The molecule has 0 bridgehead atoms. The Labute approximate surface area is 114 Å². The third kappa shape index (κ3) is 2.91. The molecule has 0 amide bonds. The van der Waals surface area contributed by atoms with Gasteiger partial charge in [-0.3, -0.25) is 0 Å². The Morgan fingerprint density at radius 3 is 2.65 bits per heavy atom. The Kier molecular flexibility index (Phi) is 4.25. The van der Waals surface area contributed by atoms with Crippen molar-refractivity contribution in [3.63, 3.8) is 0 Å². The summed E-state index contributed by atoms with van der Waals surface area (Å²) in [6.45, 7) is 1.83. The van der Waals surface area contributed by atoms with Crippen molar-refractivity contribution < 1.29 is 5.11 Å². The summed E-state index contributed by atoms with van der Waals surface area (Å²) in [5.74, 6) is 6.16. The minimum absolute atomic E-state index is 0.233. The van der Waals surface area contributed by atoms with E-state index in [0.29, 0.717) is 0 Å². The van der Waals surface area contributed by atoms with E-state index in [2.05, 4.69) is 17.9 Å². The summed E-state index contributed by atoms with van der Waals surface area (Å²) in [4.78, 5) is 4.31. The van der Waals surface area contributed by atoms with Crippen LogP contribution in [0.15, 0.2) is 24.3 Å². The molecule has 2 heterocycles. The monoisotopic (exact) mass is 282 g/mol. The number of rotatable bonds is 3. The van der Waals surface area contributed by atoms with Crippen molar-refractivity contribution in [3.05, 3.63) is 34.0 Å². The fourth-order valence-corrected chi connectivity index (χ4v) is 3.65. The molecule has 0 aromatic carbocycles. The summed E-state index contributed by atoms with van der Waals surface area (Å²) in [5.41, 5.74) is 0. The molecule has 1 atom stereocenters. The van der Waals surface area contributed by atoms with Gasteiger partial charge in [0.15, 0.2) is 0 Å². The lowest BCUT2D eigenvalue weighted by Gasteiger charge is -2.00. The lowest BCUT2D eigenvalue weighted by Crippen LogP contribution is -1.93. The molecule has 17 heavy (non-hydrogen) atoms. The first kappa shape index (κ1) is 12.7. The van der Waals surface area contributed by atoms with Crippen molar-refractivity contribution in [2.45, 2.75) is 13.0 Å².